The van der Waals surface area contributed by atoms with Crippen molar-refractivity contribution in [2.24, 2.45) is 11.8 Å². The van der Waals surface area contributed by atoms with Gasteiger partial charge in [-0.1, -0.05) is 24.3 Å². The van der Waals surface area contributed by atoms with Crippen LogP contribution in [0.3, 0.4) is 0 Å². The van der Waals surface area contributed by atoms with Gasteiger partial charge in [0.2, 0.25) is 0 Å². The van der Waals surface area contributed by atoms with Gasteiger partial charge in [0.1, 0.15) is 0 Å². The van der Waals surface area contributed by atoms with E-state index in [0.717, 1.165) is 0 Å². The second-order valence-electron chi connectivity index (χ2n) is 7.51. The Bertz CT molecular complexity index is 959. The van der Waals surface area contributed by atoms with Gasteiger partial charge in [-0.3, -0.25) is 0 Å². The number of anilines is 1. The number of carbonyl (C=O) groups excluding carboxylic acids is 1. The third-order valence-electron chi connectivity index (χ3n) is 5.82. The number of ether oxygens (including phenoxy) is 3. The third-order valence-corrected chi connectivity index (χ3v) is 5.82. The van der Waals surface area contributed by atoms with Gasteiger partial charge in [0, 0.05) is 36.7 Å². The van der Waals surface area contributed by atoms with Gasteiger partial charge in [-0.2, -0.15) is 0 Å². The number of halogens is 1. The van der Waals surface area contributed by atoms with Crippen molar-refractivity contribution in [3.05, 3.63) is 60.4 Å². The summed E-state index contributed by atoms with van der Waals surface area (Å²) in [6, 6.07) is 11.2. The maximum Gasteiger partial charge on any atom is 0.321 e. The molecule has 0 aromatic heterocycles. The zero-order valence-corrected chi connectivity index (χ0v) is 15.9. The molecule has 0 aliphatic carbocycles. The van der Waals surface area contributed by atoms with Crippen molar-refractivity contribution in [3.8, 4) is 17.2 Å². The maximum absolute atomic E-state index is 14.5. The first-order chi connectivity index (χ1) is 14.1. The lowest BCUT2D eigenvalue weighted by Gasteiger charge is -2.19. The van der Waals surface area contributed by atoms with Crippen molar-refractivity contribution in [1.29, 1.82) is 0 Å². The average molecular weight is 396 g/mol. The molecule has 2 aromatic rings. The summed E-state index contributed by atoms with van der Waals surface area (Å²) in [7, 11) is 1.53. The molecule has 2 amide bonds. The van der Waals surface area contributed by atoms with E-state index in [1.807, 2.05) is 0 Å². The Balaban J connectivity index is 1.24. The van der Waals surface area contributed by atoms with E-state index in [4.69, 9.17) is 14.2 Å². The molecule has 0 saturated carbocycles. The van der Waals surface area contributed by atoms with E-state index >= 15 is 0 Å². The normalized spacial score (nSPS) is 26.5. The summed E-state index contributed by atoms with van der Waals surface area (Å²) in [5.74, 6) is 1.12. The van der Waals surface area contributed by atoms with E-state index in [1.165, 1.54) is 19.2 Å². The molecule has 3 aliphatic heterocycles. The number of nitrogens with zero attached hydrogens (tertiary/aromatic N) is 1. The summed E-state index contributed by atoms with van der Waals surface area (Å²) in [6.07, 6.45) is 4.41. The fourth-order valence-electron chi connectivity index (χ4n) is 4.38. The molecule has 0 spiro atoms. The van der Waals surface area contributed by atoms with Crippen LogP contribution in [0.15, 0.2) is 54.6 Å². The number of carbonyl (C=O) groups is 1. The van der Waals surface area contributed by atoms with Crippen LogP contribution in [-0.2, 0) is 4.74 Å². The molecule has 5 rings (SSSR count). The number of hydrogen-bond donors (Lipinski definition) is 1. The second-order valence-corrected chi connectivity index (χ2v) is 7.51. The molecule has 3 aliphatic rings. The quantitative estimate of drug-likeness (QED) is 0.793. The van der Waals surface area contributed by atoms with Crippen molar-refractivity contribution < 1.29 is 23.4 Å². The van der Waals surface area contributed by atoms with Gasteiger partial charge in [0.05, 0.1) is 19.3 Å². The first-order valence-electron chi connectivity index (χ1n) is 9.62. The molecule has 29 heavy (non-hydrogen) atoms. The Morgan fingerprint density at radius 2 is 1.76 bits per heavy atom. The summed E-state index contributed by atoms with van der Waals surface area (Å²) < 4.78 is 31.2. The van der Waals surface area contributed by atoms with E-state index in [-0.39, 0.29) is 24.0 Å². The Labute approximate surface area is 167 Å². The summed E-state index contributed by atoms with van der Waals surface area (Å²) in [4.78, 5) is 14.4. The van der Waals surface area contributed by atoms with Gasteiger partial charge in [0.15, 0.2) is 23.1 Å². The monoisotopic (exact) mass is 396 g/mol. The molecule has 2 fully saturated rings. The minimum absolute atomic E-state index is 0.0583. The Morgan fingerprint density at radius 3 is 2.41 bits per heavy atom. The smallest absolute Gasteiger partial charge is 0.321 e. The number of para-hydroxylation sites is 2. The summed E-state index contributed by atoms with van der Waals surface area (Å²) in [6.45, 7) is 1.30. The SMILES string of the molecule is COc1ccccc1Oc1ccc(NC(=O)N2CC3C4C=CC(O4)C3C2)cc1F. The molecule has 0 radical (unpaired) electrons. The first-order valence-corrected chi connectivity index (χ1v) is 9.62. The predicted octanol–water partition coefficient (Wildman–Crippen LogP) is 4.04. The number of hydrogen-bond acceptors (Lipinski definition) is 4. The van der Waals surface area contributed by atoms with Gasteiger partial charge < -0.3 is 24.4 Å². The molecule has 4 atom stereocenters. The molecule has 6 nitrogen and oxygen atoms in total. The molecule has 4 unspecified atom stereocenters. The number of amides is 2. The van der Waals surface area contributed by atoms with Crippen molar-refractivity contribution in [1.82, 2.24) is 4.90 Å². The van der Waals surface area contributed by atoms with Crippen molar-refractivity contribution in [3.63, 3.8) is 0 Å². The molecule has 7 heteroatoms. The molecule has 150 valence electrons. The lowest BCUT2D eigenvalue weighted by Crippen LogP contribution is -2.35. The number of rotatable bonds is 4. The minimum Gasteiger partial charge on any atom is -0.493 e. The van der Waals surface area contributed by atoms with Gasteiger partial charge in [-0.25, -0.2) is 9.18 Å². The number of benzene rings is 2. The molecule has 2 bridgehead atoms. The predicted molar refractivity (Wildman–Crippen MR) is 105 cm³/mol. The molecule has 2 saturated heterocycles. The van der Waals surface area contributed by atoms with E-state index in [0.29, 0.717) is 42.1 Å². The Kier molecular flexibility index (Phi) is 4.39. The number of urea groups is 1. The number of methoxy groups -OCH3 is 1. The van der Waals surface area contributed by atoms with Crippen molar-refractivity contribution in [2.75, 3.05) is 25.5 Å². The van der Waals surface area contributed by atoms with E-state index in [9.17, 15) is 9.18 Å². The highest BCUT2D eigenvalue weighted by molar-refractivity contribution is 5.89. The van der Waals surface area contributed by atoms with E-state index in [1.54, 1.807) is 35.2 Å². The van der Waals surface area contributed by atoms with Crippen LogP contribution in [0.25, 0.3) is 0 Å². The molecular formula is C22H21FN2O4. The Hall–Kier alpha value is -3.06. The van der Waals surface area contributed by atoms with Crippen LogP contribution in [0.2, 0.25) is 0 Å². The van der Waals surface area contributed by atoms with Crippen LogP contribution in [0.1, 0.15) is 0 Å². The van der Waals surface area contributed by atoms with Crippen molar-refractivity contribution >= 4 is 11.7 Å². The fourth-order valence-corrected chi connectivity index (χ4v) is 4.38. The largest absolute Gasteiger partial charge is 0.493 e. The molecule has 1 N–H and O–H groups in total. The van der Waals surface area contributed by atoms with Gasteiger partial charge in [0.25, 0.3) is 0 Å². The van der Waals surface area contributed by atoms with E-state index < -0.39 is 5.82 Å². The fraction of sp³-hybridized carbons (Fsp3) is 0.318. The minimum atomic E-state index is -0.567. The lowest BCUT2D eigenvalue weighted by atomic mass is 9.86. The van der Waals surface area contributed by atoms with E-state index in [2.05, 4.69) is 17.5 Å². The van der Waals surface area contributed by atoms with Gasteiger partial charge in [-0.15, -0.1) is 0 Å². The lowest BCUT2D eigenvalue weighted by molar-refractivity contribution is 0.0892. The van der Waals surface area contributed by atoms with Crippen LogP contribution in [-0.4, -0.2) is 43.3 Å². The maximum atomic E-state index is 14.5. The summed E-state index contributed by atoms with van der Waals surface area (Å²) in [5.41, 5.74) is 0.384. The van der Waals surface area contributed by atoms with Gasteiger partial charge >= 0.3 is 6.03 Å². The number of nitrogens with one attached hydrogen (secondary N) is 1. The number of likely N-dealkylation sites (tertiary alicyclic amines) is 1. The van der Waals surface area contributed by atoms with Crippen molar-refractivity contribution in [2.45, 2.75) is 12.2 Å². The van der Waals surface area contributed by atoms with Crippen LogP contribution in [0.5, 0.6) is 17.2 Å². The zero-order valence-electron chi connectivity index (χ0n) is 15.9. The third kappa shape index (κ3) is 3.21. The molecule has 2 aromatic carbocycles. The summed E-state index contributed by atoms with van der Waals surface area (Å²) in [5, 5.41) is 2.78. The zero-order chi connectivity index (χ0) is 20.0. The Morgan fingerprint density at radius 1 is 1.07 bits per heavy atom. The van der Waals surface area contributed by atoms with Crippen LogP contribution >= 0.6 is 0 Å². The average Bonchev–Trinajstić information content (AvgIpc) is 3.44. The highest BCUT2D eigenvalue weighted by atomic mass is 19.1. The van der Waals surface area contributed by atoms with Crippen LogP contribution < -0.4 is 14.8 Å². The van der Waals surface area contributed by atoms with Gasteiger partial charge in [-0.05, 0) is 24.3 Å². The molecular weight excluding hydrogens is 375 g/mol. The molecule has 3 heterocycles. The topological polar surface area (TPSA) is 60.0 Å². The van der Waals surface area contributed by atoms with Crippen LogP contribution in [0.4, 0.5) is 14.9 Å². The standard InChI is InChI=1S/C22H21FN2O4/c1-27-20-4-2-3-5-21(20)29-19-7-6-13(10-16(19)23)24-22(26)25-11-14-15(12-25)18-9-8-17(14)28-18/h2-10,14-15,17-18H,11-12H2,1H3,(H,24,26). The first kappa shape index (κ1) is 18.0. The summed E-state index contributed by atoms with van der Waals surface area (Å²) >= 11 is 0. The van der Waals surface area contributed by atoms with Crippen LogP contribution in [0, 0.1) is 17.7 Å². The number of fused-ring (bicyclic) bond motifs is 5. The highest BCUT2D eigenvalue weighted by Crippen LogP contribution is 2.43. The second kappa shape index (κ2) is 7.08. The highest BCUT2D eigenvalue weighted by Gasteiger charge is 2.51.